The quantitative estimate of drug-likeness (QED) is 0.829. The van der Waals surface area contributed by atoms with Crippen molar-refractivity contribution < 1.29 is 33.4 Å². The Morgan fingerprint density at radius 1 is 1.15 bits per heavy atom. The van der Waals surface area contributed by atoms with Crippen molar-refractivity contribution in [3.8, 4) is 0 Å². The summed E-state index contributed by atoms with van der Waals surface area (Å²) in [5.41, 5.74) is -1.80. The third-order valence-electron chi connectivity index (χ3n) is 4.60. The van der Waals surface area contributed by atoms with Crippen LogP contribution in [0.2, 0.25) is 0 Å². The Morgan fingerprint density at radius 2 is 1.81 bits per heavy atom. The van der Waals surface area contributed by atoms with Crippen molar-refractivity contribution in [1.82, 2.24) is 0 Å². The number of rotatable bonds is 4. The van der Waals surface area contributed by atoms with E-state index < -0.39 is 35.8 Å². The second-order valence-corrected chi connectivity index (χ2v) is 6.42. The standard InChI is InChI=1S/C20H17FO6/c1-11-13(9-6-10-14(11)17(22)23)15-16(20(2,21)19(25)26-15)27-18(24)12-7-4-3-5-8-12/h3-10,15-16H,1-2H3,(H,22,23)/t15-,16-,20+/m1/s1. The molecule has 0 spiro atoms. The highest BCUT2D eigenvalue weighted by Crippen LogP contribution is 2.42. The van der Waals surface area contributed by atoms with Crippen molar-refractivity contribution in [2.75, 3.05) is 0 Å². The van der Waals surface area contributed by atoms with Crippen molar-refractivity contribution in [3.63, 3.8) is 0 Å². The van der Waals surface area contributed by atoms with Gasteiger partial charge in [-0.2, -0.15) is 0 Å². The number of aromatic carboxylic acids is 1. The van der Waals surface area contributed by atoms with E-state index >= 15 is 4.39 Å². The number of carboxylic acids is 1. The minimum Gasteiger partial charge on any atom is -0.478 e. The van der Waals surface area contributed by atoms with Crippen LogP contribution in [-0.4, -0.2) is 34.8 Å². The summed E-state index contributed by atoms with van der Waals surface area (Å²) in [7, 11) is 0. The molecule has 1 aliphatic heterocycles. The fourth-order valence-corrected chi connectivity index (χ4v) is 3.04. The Balaban J connectivity index is 1.99. The molecular formula is C20H17FO6. The van der Waals surface area contributed by atoms with Crippen LogP contribution in [0.15, 0.2) is 48.5 Å². The second kappa shape index (κ2) is 6.83. The average molecular weight is 372 g/mol. The summed E-state index contributed by atoms with van der Waals surface area (Å²) < 4.78 is 25.4. The lowest BCUT2D eigenvalue weighted by atomic mass is 9.91. The number of cyclic esters (lactones) is 1. The SMILES string of the molecule is Cc1c(C(=O)O)cccc1[C@H]1OC(=O)[C@@](C)(F)[C@@H]1OC(=O)c1ccccc1. The first kappa shape index (κ1) is 18.6. The Hall–Kier alpha value is -3.22. The molecule has 1 saturated heterocycles. The van der Waals surface area contributed by atoms with Crippen molar-refractivity contribution >= 4 is 17.9 Å². The highest BCUT2D eigenvalue weighted by atomic mass is 19.1. The Labute approximate surface area is 154 Å². The molecule has 3 atom stereocenters. The van der Waals surface area contributed by atoms with Crippen LogP contribution < -0.4 is 0 Å². The predicted octanol–water partition coefficient (Wildman–Crippen LogP) is 3.24. The molecule has 0 aliphatic carbocycles. The van der Waals surface area contributed by atoms with E-state index in [-0.39, 0.29) is 16.7 Å². The lowest BCUT2D eigenvalue weighted by Gasteiger charge is -2.24. The largest absolute Gasteiger partial charge is 0.478 e. The number of alkyl halides is 1. The molecule has 1 N–H and O–H groups in total. The summed E-state index contributed by atoms with van der Waals surface area (Å²) in [6, 6.07) is 12.3. The van der Waals surface area contributed by atoms with E-state index in [0.717, 1.165) is 6.92 Å². The van der Waals surface area contributed by atoms with Crippen LogP contribution in [0.4, 0.5) is 4.39 Å². The fraction of sp³-hybridized carbons (Fsp3) is 0.250. The minimum absolute atomic E-state index is 0.0100. The molecule has 3 rings (SSSR count). The zero-order chi connectivity index (χ0) is 19.8. The smallest absolute Gasteiger partial charge is 0.348 e. The monoisotopic (exact) mass is 372 g/mol. The lowest BCUT2D eigenvalue weighted by Crippen LogP contribution is -2.40. The summed E-state index contributed by atoms with van der Waals surface area (Å²) in [4.78, 5) is 35.8. The van der Waals surface area contributed by atoms with E-state index in [0.29, 0.717) is 5.56 Å². The van der Waals surface area contributed by atoms with Crippen molar-refractivity contribution in [1.29, 1.82) is 0 Å². The number of halogens is 1. The number of hydrogen-bond donors (Lipinski definition) is 1. The van der Waals surface area contributed by atoms with E-state index in [4.69, 9.17) is 9.47 Å². The maximum atomic E-state index is 15.0. The molecule has 0 saturated carbocycles. The second-order valence-electron chi connectivity index (χ2n) is 6.42. The van der Waals surface area contributed by atoms with Gasteiger partial charge in [0, 0.05) is 5.56 Å². The molecule has 0 amide bonds. The number of carbonyl (C=O) groups is 3. The Bertz CT molecular complexity index is 906. The summed E-state index contributed by atoms with van der Waals surface area (Å²) in [6.07, 6.45) is -2.81. The van der Waals surface area contributed by atoms with Crippen LogP contribution in [0.25, 0.3) is 0 Å². The summed E-state index contributed by atoms with van der Waals surface area (Å²) in [5, 5.41) is 9.28. The van der Waals surface area contributed by atoms with Crippen LogP contribution in [0, 0.1) is 6.92 Å². The molecule has 27 heavy (non-hydrogen) atoms. The maximum Gasteiger partial charge on any atom is 0.348 e. The van der Waals surface area contributed by atoms with Crippen LogP contribution in [0.3, 0.4) is 0 Å². The first-order valence-electron chi connectivity index (χ1n) is 8.22. The van der Waals surface area contributed by atoms with E-state index in [2.05, 4.69) is 0 Å². The summed E-state index contributed by atoms with van der Waals surface area (Å²) >= 11 is 0. The maximum absolute atomic E-state index is 15.0. The number of benzene rings is 2. The Kier molecular flexibility index (Phi) is 4.70. The van der Waals surface area contributed by atoms with E-state index in [9.17, 15) is 19.5 Å². The highest BCUT2D eigenvalue weighted by molar-refractivity contribution is 5.91. The number of carboxylic acid groups (broad SMARTS) is 1. The molecule has 2 aromatic carbocycles. The minimum atomic E-state index is -2.57. The number of ether oxygens (including phenoxy) is 2. The molecular weight excluding hydrogens is 355 g/mol. The van der Waals surface area contributed by atoms with Gasteiger partial charge in [-0.15, -0.1) is 0 Å². The third kappa shape index (κ3) is 3.28. The van der Waals surface area contributed by atoms with Gasteiger partial charge in [0.25, 0.3) is 0 Å². The molecule has 140 valence electrons. The van der Waals surface area contributed by atoms with Crippen LogP contribution >= 0.6 is 0 Å². The highest BCUT2D eigenvalue weighted by Gasteiger charge is 2.58. The van der Waals surface area contributed by atoms with Crippen LogP contribution in [-0.2, 0) is 14.3 Å². The van der Waals surface area contributed by atoms with Gasteiger partial charge in [0.15, 0.2) is 12.2 Å². The van der Waals surface area contributed by atoms with Crippen molar-refractivity contribution in [2.24, 2.45) is 0 Å². The van der Waals surface area contributed by atoms with Crippen LogP contribution in [0.5, 0.6) is 0 Å². The molecule has 1 heterocycles. The van der Waals surface area contributed by atoms with E-state index in [1.165, 1.54) is 37.3 Å². The Morgan fingerprint density at radius 3 is 2.44 bits per heavy atom. The molecule has 1 fully saturated rings. The number of hydrogen-bond acceptors (Lipinski definition) is 5. The summed E-state index contributed by atoms with van der Waals surface area (Å²) in [6.45, 7) is 2.51. The van der Waals surface area contributed by atoms with Gasteiger partial charge in [-0.3, -0.25) is 0 Å². The summed E-state index contributed by atoms with van der Waals surface area (Å²) in [5.74, 6) is -3.14. The average Bonchev–Trinajstić information content (AvgIpc) is 2.85. The van der Waals surface area contributed by atoms with Gasteiger partial charge in [-0.1, -0.05) is 30.3 Å². The van der Waals surface area contributed by atoms with Gasteiger partial charge < -0.3 is 14.6 Å². The topological polar surface area (TPSA) is 89.9 Å². The molecule has 1 aliphatic rings. The molecule has 7 heteroatoms. The first-order chi connectivity index (χ1) is 12.7. The van der Waals surface area contributed by atoms with Gasteiger partial charge in [0.05, 0.1) is 11.1 Å². The lowest BCUT2D eigenvalue weighted by molar-refractivity contribution is -0.149. The fourth-order valence-electron chi connectivity index (χ4n) is 3.04. The molecule has 0 aromatic heterocycles. The van der Waals surface area contributed by atoms with Gasteiger partial charge in [0.1, 0.15) is 0 Å². The molecule has 2 aromatic rings. The molecule has 0 radical (unpaired) electrons. The molecule has 0 unspecified atom stereocenters. The predicted molar refractivity (Wildman–Crippen MR) is 92.1 cm³/mol. The molecule has 0 bridgehead atoms. The van der Waals surface area contributed by atoms with E-state index in [1.807, 2.05) is 0 Å². The van der Waals surface area contributed by atoms with E-state index in [1.54, 1.807) is 18.2 Å². The molecule has 6 nitrogen and oxygen atoms in total. The van der Waals surface area contributed by atoms with Crippen molar-refractivity contribution in [2.45, 2.75) is 31.7 Å². The van der Waals surface area contributed by atoms with Gasteiger partial charge in [-0.25, -0.2) is 18.8 Å². The number of esters is 2. The zero-order valence-electron chi connectivity index (χ0n) is 14.6. The first-order valence-corrected chi connectivity index (χ1v) is 8.22. The van der Waals surface area contributed by atoms with Gasteiger partial charge in [0.2, 0.25) is 5.67 Å². The normalized spacial score (nSPS) is 24.3. The zero-order valence-corrected chi connectivity index (χ0v) is 14.6. The van der Waals surface area contributed by atoms with Crippen molar-refractivity contribution in [3.05, 3.63) is 70.8 Å². The third-order valence-corrected chi connectivity index (χ3v) is 4.60. The van der Waals surface area contributed by atoms with Crippen LogP contribution in [0.1, 0.15) is 44.9 Å². The number of carbonyl (C=O) groups excluding carboxylic acids is 2. The van der Waals surface area contributed by atoms with Gasteiger partial charge >= 0.3 is 17.9 Å². The van der Waals surface area contributed by atoms with Gasteiger partial charge in [-0.05, 0) is 37.6 Å².